The first-order chi connectivity index (χ1) is 7.66. The van der Waals surface area contributed by atoms with E-state index in [-0.39, 0.29) is 6.04 Å². The average molecular weight is 212 g/mol. The Balaban J connectivity index is 2.31. The smallest absolute Gasteiger partial charge is 0.0726 e. The van der Waals surface area contributed by atoms with E-state index in [1.165, 1.54) is 11.1 Å². The van der Waals surface area contributed by atoms with Crippen molar-refractivity contribution in [3.8, 4) is 0 Å². The van der Waals surface area contributed by atoms with Gasteiger partial charge in [-0.05, 0) is 37.1 Å². The molecule has 1 aromatic heterocycles. The largest absolute Gasteiger partial charge is 0.319 e. The first kappa shape index (κ1) is 10.8. The number of nitrogens with two attached hydrogens (primary N) is 1. The van der Waals surface area contributed by atoms with Gasteiger partial charge < -0.3 is 5.73 Å². The number of nitrogens with zero attached hydrogens (tertiary/aromatic N) is 1. The second-order valence-electron chi connectivity index (χ2n) is 4.15. The van der Waals surface area contributed by atoms with Crippen LogP contribution < -0.4 is 5.73 Å². The molecule has 1 heterocycles. The van der Waals surface area contributed by atoms with Crippen LogP contribution >= 0.6 is 0 Å². The van der Waals surface area contributed by atoms with E-state index < -0.39 is 0 Å². The normalized spacial score (nSPS) is 12.4. The van der Waals surface area contributed by atoms with Gasteiger partial charge in [0.15, 0.2) is 0 Å². The van der Waals surface area contributed by atoms with Crippen molar-refractivity contribution in [3.05, 3.63) is 65.0 Å². The number of pyridine rings is 1. The molecule has 2 aromatic rings. The summed E-state index contributed by atoms with van der Waals surface area (Å²) < 4.78 is 0. The molecule has 0 spiro atoms. The van der Waals surface area contributed by atoms with E-state index in [0.717, 1.165) is 11.3 Å². The molecule has 0 bridgehead atoms. The fourth-order valence-electron chi connectivity index (χ4n) is 1.67. The number of hydrogen-bond acceptors (Lipinski definition) is 2. The number of aryl methyl sites for hydroxylation is 2. The molecule has 0 aliphatic heterocycles. The molecule has 1 aromatic carbocycles. The SMILES string of the molecule is Cc1ccc(C(N)c2cc(C)ccn2)cc1. The number of benzene rings is 1. The lowest BCUT2D eigenvalue weighted by Gasteiger charge is -2.12. The Labute approximate surface area is 96.1 Å². The van der Waals surface area contributed by atoms with E-state index in [1.54, 1.807) is 6.20 Å². The van der Waals surface area contributed by atoms with Gasteiger partial charge in [-0.25, -0.2) is 0 Å². The Hall–Kier alpha value is -1.67. The maximum atomic E-state index is 6.17. The third kappa shape index (κ3) is 2.28. The van der Waals surface area contributed by atoms with Gasteiger partial charge in [0.25, 0.3) is 0 Å². The van der Waals surface area contributed by atoms with E-state index >= 15 is 0 Å². The van der Waals surface area contributed by atoms with Crippen LogP contribution in [0, 0.1) is 13.8 Å². The third-order valence-corrected chi connectivity index (χ3v) is 2.69. The van der Waals surface area contributed by atoms with E-state index in [0.29, 0.717) is 0 Å². The van der Waals surface area contributed by atoms with Crippen molar-refractivity contribution in [2.75, 3.05) is 0 Å². The summed E-state index contributed by atoms with van der Waals surface area (Å²) >= 11 is 0. The highest BCUT2D eigenvalue weighted by Gasteiger charge is 2.09. The second-order valence-corrected chi connectivity index (χ2v) is 4.15. The molecule has 0 aliphatic carbocycles. The zero-order chi connectivity index (χ0) is 11.5. The first-order valence-corrected chi connectivity index (χ1v) is 5.41. The summed E-state index contributed by atoms with van der Waals surface area (Å²) in [7, 11) is 0. The van der Waals surface area contributed by atoms with Crippen molar-refractivity contribution in [3.63, 3.8) is 0 Å². The predicted molar refractivity (Wildman–Crippen MR) is 66.2 cm³/mol. The van der Waals surface area contributed by atoms with Crippen molar-refractivity contribution in [2.24, 2.45) is 5.73 Å². The molecule has 2 N–H and O–H groups in total. The Morgan fingerprint density at radius 1 is 1.00 bits per heavy atom. The van der Waals surface area contributed by atoms with Crippen LogP contribution in [0.1, 0.15) is 28.4 Å². The highest BCUT2D eigenvalue weighted by atomic mass is 14.8. The van der Waals surface area contributed by atoms with Gasteiger partial charge in [-0.1, -0.05) is 29.8 Å². The van der Waals surface area contributed by atoms with Crippen LogP contribution in [0.3, 0.4) is 0 Å². The van der Waals surface area contributed by atoms with E-state index in [4.69, 9.17) is 5.73 Å². The van der Waals surface area contributed by atoms with Gasteiger partial charge in [-0.2, -0.15) is 0 Å². The highest BCUT2D eigenvalue weighted by Crippen LogP contribution is 2.18. The predicted octanol–water partition coefficient (Wildman–Crippen LogP) is 2.75. The zero-order valence-corrected chi connectivity index (χ0v) is 9.64. The van der Waals surface area contributed by atoms with E-state index in [2.05, 4.69) is 36.2 Å². The standard InChI is InChI=1S/C14H16N2/c1-10-3-5-12(6-4-10)14(15)13-9-11(2)7-8-16-13/h3-9,14H,15H2,1-2H3. The second kappa shape index (κ2) is 4.45. The van der Waals surface area contributed by atoms with Gasteiger partial charge in [-0.3, -0.25) is 4.98 Å². The number of rotatable bonds is 2. The Morgan fingerprint density at radius 3 is 2.31 bits per heavy atom. The molecule has 0 fully saturated rings. The van der Waals surface area contributed by atoms with Crippen LogP contribution in [0.15, 0.2) is 42.6 Å². The van der Waals surface area contributed by atoms with Gasteiger partial charge >= 0.3 is 0 Å². The lowest BCUT2D eigenvalue weighted by atomic mass is 10.0. The lowest BCUT2D eigenvalue weighted by molar-refractivity contribution is 0.826. The Kier molecular flexibility index (Phi) is 3.02. The van der Waals surface area contributed by atoms with Gasteiger partial charge in [-0.15, -0.1) is 0 Å². The minimum absolute atomic E-state index is 0.138. The topological polar surface area (TPSA) is 38.9 Å². The van der Waals surface area contributed by atoms with Gasteiger partial charge in [0, 0.05) is 6.20 Å². The van der Waals surface area contributed by atoms with Gasteiger partial charge in [0.05, 0.1) is 11.7 Å². The molecule has 16 heavy (non-hydrogen) atoms. The summed E-state index contributed by atoms with van der Waals surface area (Å²) in [5.74, 6) is 0. The maximum absolute atomic E-state index is 6.17. The fourth-order valence-corrected chi connectivity index (χ4v) is 1.67. The van der Waals surface area contributed by atoms with Crippen LogP contribution in [0.2, 0.25) is 0 Å². The van der Waals surface area contributed by atoms with Crippen LogP contribution in [0.4, 0.5) is 0 Å². The number of hydrogen-bond donors (Lipinski definition) is 1. The molecule has 0 radical (unpaired) electrons. The molecule has 0 aliphatic rings. The van der Waals surface area contributed by atoms with Crippen molar-refractivity contribution in [1.29, 1.82) is 0 Å². The molecular formula is C14H16N2. The van der Waals surface area contributed by atoms with E-state index in [1.807, 2.05) is 19.1 Å². The molecule has 82 valence electrons. The molecular weight excluding hydrogens is 196 g/mol. The molecule has 1 unspecified atom stereocenters. The van der Waals surface area contributed by atoms with Crippen molar-refractivity contribution in [1.82, 2.24) is 4.98 Å². The Morgan fingerprint density at radius 2 is 1.69 bits per heavy atom. The summed E-state index contributed by atoms with van der Waals surface area (Å²) in [6.45, 7) is 4.12. The summed E-state index contributed by atoms with van der Waals surface area (Å²) in [6, 6.07) is 12.1. The maximum Gasteiger partial charge on any atom is 0.0726 e. The number of aromatic nitrogens is 1. The molecule has 1 atom stereocenters. The van der Waals surface area contributed by atoms with Crippen molar-refractivity contribution >= 4 is 0 Å². The highest BCUT2D eigenvalue weighted by molar-refractivity contribution is 5.30. The zero-order valence-electron chi connectivity index (χ0n) is 9.64. The lowest BCUT2D eigenvalue weighted by Crippen LogP contribution is -2.13. The van der Waals surface area contributed by atoms with E-state index in [9.17, 15) is 0 Å². The minimum atomic E-state index is -0.138. The Bertz CT molecular complexity index is 474. The fraction of sp³-hybridized carbons (Fsp3) is 0.214. The molecule has 2 rings (SSSR count). The summed E-state index contributed by atoms with van der Waals surface area (Å²) in [4.78, 5) is 4.31. The summed E-state index contributed by atoms with van der Waals surface area (Å²) in [6.07, 6.45) is 1.80. The van der Waals surface area contributed by atoms with Crippen LogP contribution in [0.25, 0.3) is 0 Å². The van der Waals surface area contributed by atoms with Crippen molar-refractivity contribution in [2.45, 2.75) is 19.9 Å². The van der Waals surface area contributed by atoms with Crippen molar-refractivity contribution < 1.29 is 0 Å². The molecule has 0 saturated carbocycles. The average Bonchev–Trinajstić information content (AvgIpc) is 2.29. The monoisotopic (exact) mass is 212 g/mol. The molecule has 0 amide bonds. The van der Waals surface area contributed by atoms with Crippen LogP contribution in [-0.2, 0) is 0 Å². The van der Waals surface area contributed by atoms with Crippen LogP contribution in [-0.4, -0.2) is 4.98 Å². The first-order valence-electron chi connectivity index (χ1n) is 5.41. The van der Waals surface area contributed by atoms with Gasteiger partial charge in [0.1, 0.15) is 0 Å². The summed E-state index contributed by atoms with van der Waals surface area (Å²) in [5.41, 5.74) is 10.6. The van der Waals surface area contributed by atoms with Crippen LogP contribution in [0.5, 0.6) is 0 Å². The molecule has 2 heteroatoms. The minimum Gasteiger partial charge on any atom is -0.319 e. The van der Waals surface area contributed by atoms with Gasteiger partial charge in [0.2, 0.25) is 0 Å². The summed E-state index contributed by atoms with van der Waals surface area (Å²) in [5, 5.41) is 0. The molecule has 2 nitrogen and oxygen atoms in total. The molecule has 0 saturated heterocycles. The third-order valence-electron chi connectivity index (χ3n) is 2.69. The quantitative estimate of drug-likeness (QED) is 0.831.